The molecule has 2 N–H and O–H groups in total. The zero-order valence-electron chi connectivity index (χ0n) is 18.2. The predicted molar refractivity (Wildman–Crippen MR) is 129 cm³/mol. The van der Waals surface area contributed by atoms with Gasteiger partial charge < -0.3 is 15.2 Å². The molecule has 2 aromatic carbocycles. The summed E-state index contributed by atoms with van der Waals surface area (Å²) in [7, 11) is 2.14. The van der Waals surface area contributed by atoms with Crippen molar-refractivity contribution in [1.29, 1.82) is 0 Å². The highest BCUT2D eigenvalue weighted by atomic mass is 15.1. The highest BCUT2D eigenvalue weighted by molar-refractivity contribution is 5.93. The van der Waals surface area contributed by atoms with Crippen molar-refractivity contribution in [2.75, 3.05) is 31.5 Å². The smallest absolute Gasteiger partial charge is 0.214 e. The van der Waals surface area contributed by atoms with Gasteiger partial charge in [0.15, 0.2) is 0 Å². The summed E-state index contributed by atoms with van der Waals surface area (Å²) >= 11 is 0. The number of pyridine rings is 1. The lowest BCUT2D eigenvalue weighted by Gasteiger charge is -2.19. The Balaban J connectivity index is 1.66. The number of aryl methyl sites for hydroxylation is 1. The minimum absolute atomic E-state index is 0.936. The summed E-state index contributed by atoms with van der Waals surface area (Å²) < 4.78 is 2.26. The fourth-order valence-corrected chi connectivity index (χ4v) is 4.06. The van der Waals surface area contributed by atoms with Gasteiger partial charge in [-0.05, 0) is 36.9 Å². The number of aromatic amines is 1. The summed E-state index contributed by atoms with van der Waals surface area (Å²) in [6, 6.07) is 19.3. The first-order chi connectivity index (χ1) is 14.7. The van der Waals surface area contributed by atoms with Crippen LogP contribution in [0.3, 0.4) is 0 Å². The van der Waals surface area contributed by atoms with Crippen LogP contribution in [-0.4, -0.2) is 36.1 Å². The molecule has 2 aromatic heterocycles. The molecule has 0 aliphatic heterocycles. The zero-order valence-corrected chi connectivity index (χ0v) is 18.2. The van der Waals surface area contributed by atoms with E-state index in [0.29, 0.717) is 0 Å². The van der Waals surface area contributed by atoms with Gasteiger partial charge in [-0.15, -0.1) is 0 Å². The second-order valence-corrected chi connectivity index (χ2v) is 7.64. The van der Waals surface area contributed by atoms with E-state index in [4.69, 9.17) is 0 Å². The summed E-state index contributed by atoms with van der Waals surface area (Å²) in [6.45, 7) is 8.58. The van der Waals surface area contributed by atoms with Gasteiger partial charge in [-0.25, -0.2) is 0 Å². The molecular weight excluding hydrogens is 368 g/mol. The number of aromatic nitrogens is 2. The van der Waals surface area contributed by atoms with Crippen molar-refractivity contribution in [2.24, 2.45) is 7.05 Å². The molecule has 0 fully saturated rings. The normalized spacial score (nSPS) is 11.9. The molecule has 0 aliphatic rings. The van der Waals surface area contributed by atoms with Gasteiger partial charge in [0, 0.05) is 48.4 Å². The molecular formula is C26H31N4+. The van der Waals surface area contributed by atoms with E-state index in [1.165, 1.54) is 38.8 Å². The molecule has 30 heavy (non-hydrogen) atoms. The molecule has 0 bridgehead atoms. The van der Waals surface area contributed by atoms with Crippen LogP contribution < -0.4 is 9.88 Å². The SMILES string of the molecule is CCN(CC)CCNc1cc(/C=C/c2c[nH]c3ccccc23)[n+](C)c2ccccc12. The van der Waals surface area contributed by atoms with Gasteiger partial charge in [0.25, 0.3) is 0 Å². The average Bonchev–Trinajstić information content (AvgIpc) is 3.20. The van der Waals surface area contributed by atoms with Crippen LogP contribution in [0.4, 0.5) is 5.69 Å². The molecule has 154 valence electrons. The lowest BCUT2D eigenvalue weighted by Crippen LogP contribution is -2.33. The van der Waals surface area contributed by atoms with Crippen LogP contribution >= 0.6 is 0 Å². The van der Waals surface area contributed by atoms with E-state index < -0.39 is 0 Å². The topological polar surface area (TPSA) is 34.9 Å². The fourth-order valence-electron chi connectivity index (χ4n) is 4.06. The van der Waals surface area contributed by atoms with Gasteiger partial charge >= 0.3 is 0 Å². The molecule has 0 unspecified atom stereocenters. The largest absolute Gasteiger partial charge is 0.383 e. The maximum Gasteiger partial charge on any atom is 0.214 e. The summed E-state index contributed by atoms with van der Waals surface area (Å²) in [5, 5.41) is 6.18. The molecule has 0 radical (unpaired) electrons. The van der Waals surface area contributed by atoms with Gasteiger partial charge in [0.1, 0.15) is 7.05 Å². The number of hydrogen-bond acceptors (Lipinski definition) is 2. The molecule has 0 spiro atoms. The number of rotatable bonds is 8. The van der Waals surface area contributed by atoms with Crippen molar-refractivity contribution < 1.29 is 4.57 Å². The number of benzene rings is 2. The van der Waals surface area contributed by atoms with Gasteiger partial charge in [0.2, 0.25) is 11.2 Å². The highest BCUT2D eigenvalue weighted by Crippen LogP contribution is 2.24. The first-order valence-electron chi connectivity index (χ1n) is 10.8. The quantitative estimate of drug-likeness (QED) is 0.406. The molecule has 0 atom stereocenters. The lowest BCUT2D eigenvalue weighted by atomic mass is 10.1. The molecule has 0 aliphatic carbocycles. The van der Waals surface area contributed by atoms with E-state index in [0.717, 1.165) is 26.2 Å². The Bertz CT molecular complexity index is 1170. The van der Waals surface area contributed by atoms with Crippen molar-refractivity contribution in [3.05, 3.63) is 72.1 Å². The van der Waals surface area contributed by atoms with E-state index in [1.54, 1.807) is 0 Å². The Morgan fingerprint density at radius 2 is 1.70 bits per heavy atom. The van der Waals surface area contributed by atoms with E-state index in [9.17, 15) is 0 Å². The van der Waals surface area contributed by atoms with Crippen LogP contribution in [-0.2, 0) is 7.05 Å². The predicted octanol–water partition coefficient (Wildman–Crippen LogP) is 5.07. The number of nitrogens with zero attached hydrogens (tertiary/aromatic N) is 2. The number of anilines is 1. The maximum absolute atomic E-state index is 3.68. The van der Waals surface area contributed by atoms with Crippen LogP contribution in [0.15, 0.2) is 60.8 Å². The van der Waals surface area contributed by atoms with Crippen molar-refractivity contribution in [2.45, 2.75) is 13.8 Å². The lowest BCUT2D eigenvalue weighted by molar-refractivity contribution is -0.646. The molecule has 0 saturated heterocycles. The van der Waals surface area contributed by atoms with Gasteiger partial charge in [0.05, 0.1) is 11.1 Å². The summed E-state index contributed by atoms with van der Waals surface area (Å²) in [4.78, 5) is 5.79. The maximum atomic E-state index is 3.68. The molecule has 0 amide bonds. The third kappa shape index (κ3) is 4.10. The fraction of sp³-hybridized carbons (Fsp3) is 0.269. The van der Waals surface area contributed by atoms with Crippen molar-refractivity contribution >= 4 is 39.6 Å². The van der Waals surface area contributed by atoms with E-state index in [1.807, 2.05) is 0 Å². The molecule has 4 rings (SSSR count). The minimum Gasteiger partial charge on any atom is -0.383 e. The second kappa shape index (κ2) is 9.14. The average molecular weight is 400 g/mol. The monoisotopic (exact) mass is 399 g/mol. The Labute approximate surface area is 178 Å². The number of hydrogen-bond donors (Lipinski definition) is 2. The standard InChI is InChI=1S/C26H30N4/c1-4-30(5-2)17-16-27-25-18-21(29(3)26-13-9-7-11-23(25)26)15-14-20-19-28-24-12-8-6-10-22(20)24/h6-15,18-19H,4-5,16-17H2,1-3H3,(H,27,28)/p+1. The highest BCUT2D eigenvalue weighted by Gasteiger charge is 2.14. The van der Waals surface area contributed by atoms with E-state index >= 15 is 0 Å². The first-order valence-corrected chi connectivity index (χ1v) is 10.8. The third-order valence-electron chi connectivity index (χ3n) is 5.93. The van der Waals surface area contributed by atoms with Crippen LogP contribution in [0.2, 0.25) is 0 Å². The summed E-state index contributed by atoms with van der Waals surface area (Å²) in [5.74, 6) is 0. The number of nitrogens with one attached hydrogen (secondary N) is 2. The Kier molecular flexibility index (Phi) is 6.15. The number of fused-ring (bicyclic) bond motifs is 2. The van der Waals surface area contributed by atoms with Crippen LogP contribution in [0.1, 0.15) is 25.1 Å². The van der Waals surface area contributed by atoms with Crippen LogP contribution in [0, 0.1) is 0 Å². The van der Waals surface area contributed by atoms with Crippen LogP contribution in [0.25, 0.3) is 34.0 Å². The second-order valence-electron chi connectivity index (χ2n) is 7.64. The Morgan fingerprint density at radius 1 is 0.967 bits per heavy atom. The van der Waals surface area contributed by atoms with Gasteiger partial charge in [-0.1, -0.05) is 44.2 Å². The van der Waals surface area contributed by atoms with Gasteiger partial charge in [-0.2, -0.15) is 4.57 Å². The molecule has 0 saturated carbocycles. The van der Waals surface area contributed by atoms with Crippen molar-refractivity contribution in [1.82, 2.24) is 9.88 Å². The number of likely N-dealkylation sites (N-methyl/N-ethyl adjacent to an activating group) is 1. The van der Waals surface area contributed by atoms with Crippen molar-refractivity contribution in [3.8, 4) is 0 Å². The van der Waals surface area contributed by atoms with Crippen LogP contribution in [0.5, 0.6) is 0 Å². The third-order valence-corrected chi connectivity index (χ3v) is 5.93. The van der Waals surface area contributed by atoms with Crippen molar-refractivity contribution in [3.63, 3.8) is 0 Å². The summed E-state index contributed by atoms with van der Waals surface area (Å²) in [6.07, 6.45) is 6.48. The molecule has 4 aromatic rings. The summed E-state index contributed by atoms with van der Waals surface area (Å²) in [5.41, 5.74) is 5.95. The number of H-pyrrole nitrogens is 1. The minimum atomic E-state index is 0.936. The Hall–Kier alpha value is -3.11. The molecule has 4 heteroatoms. The Morgan fingerprint density at radius 3 is 2.50 bits per heavy atom. The van der Waals surface area contributed by atoms with E-state index in [2.05, 4.69) is 114 Å². The molecule has 4 nitrogen and oxygen atoms in total. The zero-order chi connectivity index (χ0) is 20.9. The molecule has 2 heterocycles. The van der Waals surface area contributed by atoms with E-state index in [-0.39, 0.29) is 0 Å². The number of para-hydroxylation sites is 2. The van der Waals surface area contributed by atoms with Gasteiger partial charge in [-0.3, -0.25) is 0 Å². The first kappa shape index (κ1) is 20.2.